The summed E-state index contributed by atoms with van der Waals surface area (Å²) in [7, 11) is 1.09. The molecule has 0 N–H and O–H groups in total. The molecule has 0 heterocycles. The maximum atomic E-state index is 13.1. The van der Waals surface area contributed by atoms with Gasteiger partial charge in [0.1, 0.15) is 11.4 Å². The lowest BCUT2D eigenvalue weighted by Crippen LogP contribution is -2.08. The van der Waals surface area contributed by atoms with E-state index in [4.69, 9.17) is 11.6 Å². The Hall–Kier alpha value is -1.42. The van der Waals surface area contributed by atoms with Gasteiger partial charge in [-0.1, -0.05) is 11.6 Å². The third kappa shape index (κ3) is 1.75. The van der Waals surface area contributed by atoms with E-state index in [-0.39, 0.29) is 10.6 Å². The lowest BCUT2D eigenvalue weighted by Gasteiger charge is -2.05. The number of rotatable bonds is 2. The molecule has 3 nitrogen and oxygen atoms in total. The van der Waals surface area contributed by atoms with E-state index in [9.17, 15) is 14.0 Å². The number of benzene rings is 1. The van der Waals surface area contributed by atoms with Crippen LogP contribution in [0.2, 0.25) is 5.02 Å². The maximum Gasteiger partial charge on any atom is 0.341 e. The highest BCUT2D eigenvalue weighted by Crippen LogP contribution is 2.21. The summed E-state index contributed by atoms with van der Waals surface area (Å²) in [6, 6.07) is 2.20. The Morgan fingerprint density at radius 2 is 2.21 bits per heavy atom. The van der Waals surface area contributed by atoms with Gasteiger partial charge in [0.25, 0.3) is 0 Å². The monoisotopic (exact) mass is 216 g/mol. The van der Waals surface area contributed by atoms with Gasteiger partial charge >= 0.3 is 5.97 Å². The van der Waals surface area contributed by atoms with Crippen LogP contribution < -0.4 is 0 Å². The molecule has 1 rings (SSSR count). The zero-order chi connectivity index (χ0) is 10.7. The van der Waals surface area contributed by atoms with Crippen LogP contribution in [0.3, 0.4) is 0 Å². The molecular weight excluding hydrogens is 211 g/mol. The predicted molar refractivity (Wildman–Crippen MR) is 48.1 cm³/mol. The largest absolute Gasteiger partial charge is 0.465 e. The van der Waals surface area contributed by atoms with E-state index in [0.29, 0.717) is 6.29 Å². The summed E-state index contributed by atoms with van der Waals surface area (Å²) >= 11 is 5.60. The number of carbonyl (C=O) groups excluding carboxylic acids is 2. The van der Waals surface area contributed by atoms with Gasteiger partial charge in [0.05, 0.1) is 17.7 Å². The predicted octanol–water partition coefficient (Wildman–Crippen LogP) is 2.08. The molecule has 0 aliphatic carbocycles. The average Bonchev–Trinajstić information content (AvgIpc) is 2.19. The smallest absolute Gasteiger partial charge is 0.341 e. The first kappa shape index (κ1) is 10.7. The number of hydrogen-bond acceptors (Lipinski definition) is 3. The van der Waals surface area contributed by atoms with Crippen molar-refractivity contribution in [1.82, 2.24) is 0 Å². The third-order valence-corrected chi connectivity index (χ3v) is 1.98. The van der Waals surface area contributed by atoms with Crippen molar-refractivity contribution >= 4 is 23.9 Å². The van der Waals surface area contributed by atoms with Crippen LogP contribution in [0.15, 0.2) is 12.1 Å². The maximum absolute atomic E-state index is 13.1. The van der Waals surface area contributed by atoms with Crippen molar-refractivity contribution in [1.29, 1.82) is 0 Å². The summed E-state index contributed by atoms with van der Waals surface area (Å²) in [6.45, 7) is 0. The quantitative estimate of drug-likeness (QED) is 0.562. The fourth-order valence-electron chi connectivity index (χ4n) is 0.992. The zero-order valence-electron chi connectivity index (χ0n) is 7.21. The van der Waals surface area contributed by atoms with Gasteiger partial charge in [-0.05, 0) is 12.1 Å². The van der Waals surface area contributed by atoms with Gasteiger partial charge in [-0.25, -0.2) is 9.18 Å². The number of aldehydes is 1. The minimum Gasteiger partial charge on any atom is -0.465 e. The molecule has 1 aromatic carbocycles. The van der Waals surface area contributed by atoms with Gasteiger partial charge in [0, 0.05) is 0 Å². The molecule has 0 saturated heterocycles. The van der Waals surface area contributed by atoms with Crippen LogP contribution in [0.25, 0.3) is 0 Å². The first-order valence-corrected chi connectivity index (χ1v) is 4.01. The number of methoxy groups -OCH3 is 1. The highest BCUT2D eigenvalue weighted by atomic mass is 35.5. The number of ether oxygens (including phenoxy) is 1. The molecule has 1 aromatic rings. The fourth-order valence-corrected chi connectivity index (χ4v) is 1.19. The first-order valence-electron chi connectivity index (χ1n) is 3.63. The molecule has 14 heavy (non-hydrogen) atoms. The number of hydrogen-bond donors (Lipinski definition) is 0. The van der Waals surface area contributed by atoms with Crippen LogP contribution in [-0.2, 0) is 4.74 Å². The standard InChI is InChI=1S/C9H6ClFO3/c1-14-9(13)8-5(4-12)6(10)2-3-7(8)11/h2-4H,1H3. The first-order chi connectivity index (χ1) is 6.61. The molecule has 0 saturated carbocycles. The molecular formula is C9H6ClFO3. The van der Waals surface area contributed by atoms with Crippen molar-refractivity contribution in [3.63, 3.8) is 0 Å². The van der Waals surface area contributed by atoms with E-state index in [0.717, 1.165) is 13.2 Å². The zero-order valence-corrected chi connectivity index (χ0v) is 7.97. The second-order valence-corrected chi connectivity index (χ2v) is 2.83. The van der Waals surface area contributed by atoms with Crippen molar-refractivity contribution in [2.24, 2.45) is 0 Å². The van der Waals surface area contributed by atoms with E-state index in [1.54, 1.807) is 0 Å². The molecule has 0 spiro atoms. The van der Waals surface area contributed by atoms with E-state index in [1.807, 2.05) is 0 Å². The van der Waals surface area contributed by atoms with Gasteiger partial charge in [-0.2, -0.15) is 0 Å². The van der Waals surface area contributed by atoms with Crippen LogP contribution in [0.5, 0.6) is 0 Å². The Labute approximate surface area is 84.4 Å². The molecule has 74 valence electrons. The van der Waals surface area contributed by atoms with Gasteiger partial charge in [0.2, 0.25) is 0 Å². The lowest BCUT2D eigenvalue weighted by molar-refractivity contribution is 0.0593. The van der Waals surface area contributed by atoms with E-state index < -0.39 is 17.3 Å². The second-order valence-electron chi connectivity index (χ2n) is 2.43. The van der Waals surface area contributed by atoms with Gasteiger partial charge < -0.3 is 4.74 Å². The van der Waals surface area contributed by atoms with Crippen LogP contribution in [0.4, 0.5) is 4.39 Å². The van der Waals surface area contributed by atoms with Crippen molar-refractivity contribution in [2.75, 3.05) is 7.11 Å². The van der Waals surface area contributed by atoms with Crippen LogP contribution >= 0.6 is 11.6 Å². The molecule has 0 amide bonds. The molecule has 0 aromatic heterocycles. The third-order valence-electron chi connectivity index (χ3n) is 1.65. The summed E-state index contributed by atoms with van der Waals surface area (Å²) in [6.07, 6.45) is 0.317. The summed E-state index contributed by atoms with van der Waals surface area (Å²) in [5.41, 5.74) is -0.631. The number of carbonyl (C=O) groups is 2. The number of halogens is 2. The second kappa shape index (κ2) is 4.19. The van der Waals surface area contributed by atoms with Gasteiger partial charge in [-0.15, -0.1) is 0 Å². The Morgan fingerprint density at radius 3 is 2.71 bits per heavy atom. The fraction of sp³-hybridized carbons (Fsp3) is 0.111. The van der Waals surface area contributed by atoms with Gasteiger partial charge in [0.15, 0.2) is 6.29 Å². The Kier molecular flexibility index (Phi) is 3.19. The molecule has 0 aliphatic rings. The highest BCUT2D eigenvalue weighted by Gasteiger charge is 2.19. The van der Waals surface area contributed by atoms with Crippen molar-refractivity contribution in [3.8, 4) is 0 Å². The van der Waals surface area contributed by atoms with Crippen molar-refractivity contribution < 1.29 is 18.7 Å². The Morgan fingerprint density at radius 1 is 1.57 bits per heavy atom. The van der Waals surface area contributed by atoms with Crippen LogP contribution in [-0.4, -0.2) is 19.4 Å². The summed E-state index contributed by atoms with van der Waals surface area (Å²) < 4.78 is 17.5. The molecule has 0 atom stereocenters. The molecule has 0 aliphatic heterocycles. The minimum absolute atomic E-state index is 0.0156. The SMILES string of the molecule is COC(=O)c1c(F)ccc(Cl)c1C=O. The topological polar surface area (TPSA) is 43.4 Å². The van der Waals surface area contributed by atoms with E-state index in [2.05, 4.69) is 4.74 Å². The molecule has 5 heteroatoms. The summed E-state index contributed by atoms with van der Waals surface area (Å²) in [4.78, 5) is 21.6. The highest BCUT2D eigenvalue weighted by molar-refractivity contribution is 6.33. The number of esters is 1. The molecule has 0 bridgehead atoms. The lowest BCUT2D eigenvalue weighted by atomic mass is 10.1. The van der Waals surface area contributed by atoms with Crippen LogP contribution in [0, 0.1) is 5.82 Å². The molecule has 0 unspecified atom stereocenters. The Balaban J connectivity index is 3.44. The van der Waals surface area contributed by atoms with E-state index in [1.165, 1.54) is 6.07 Å². The average molecular weight is 217 g/mol. The minimum atomic E-state index is -0.924. The van der Waals surface area contributed by atoms with Crippen molar-refractivity contribution in [2.45, 2.75) is 0 Å². The van der Waals surface area contributed by atoms with Crippen LogP contribution in [0.1, 0.15) is 20.7 Å². The molecule has 0 fully saturated rings. The summed E-state index contributed by atoms with van der Waals surface area (Å²) in [5, 5.41) is 0.0156. The molecule has 0 radical (unpaired) electrons. The summed E-state index contributed by atoms with van der Waals surface area (Å²) in [5.74, 6) is -1.75. The normalized spacial score (nSPS) is 9.64. The van der Waals surface area contributed by atoms with Crippen molar-refractivity contribution in [3.05, 3.63) is 34.1 Å². The Bertz CT molecular complexity index is 390. The van der Waals surface area contributed by atoms with Gasteiger partial charge in [-0.3, -0.25) is 4.79 Å². The van der Waals surface area contributed by atoms with E-state index >= 15 is 0 Å².